The van der Waals surface area contributed by atoms with Gasteiger partial charge in [-0.15, -0.1) is 11.3 Å². The number of anilines is 1. The fraction of sp³-hybridized carbons (Fsp3) is 0.300. The normalized spacial score (nSPS) is 12.7. The first-order valence-electron chi connectivity index (χ1n) is 9.05. The van der Waals surface area contributed by atoms with Crippen molar-refractivity contribution in [1.29, 1.82) is 0 Å². The summed E-state index contributed by atoms with van der Waals surface area (Å²) in [4.78, 5) is 8.99. The predicted octanol–water partition coefficient (Wildman–Crippen LogP) is 6.38. The largest absolute Gasteiger partial charge is 0.516 e. The molecule has 3 rings (SSSR count). The van der Waals surface area contributed by atoms with Gasteiger partial charge in [-0.3, -0.25) is 9.71 Å². The Hall–Kier alpha value is -2.17. The fourth-order valence-electron chi connectivity index (χ4n) is 2.78. The van der Waals surface area contributed by atoms with E-state index in [1.807, 2.05) is 12.1 Å². The number of nitrogens with zero attached hydrogens (tertiary/aromatic N) is 2. The number of hydrogen-bond donors (Lipinski definition) is 1. The summed E-state index contributed by atoms with van der Waals surface area (Å²) in [7, 11) is -5.52. The first kappa shape index (κ1) is 23.5. The first-order chi connectivity index (χ1) is 14.2. The van der Waals surface area contributed by atoms with Crippen LogP contribution >= 0.6 is 22.9 Å². The van der Waals surface area contributed by atoms with Gasteiger partial charge in [-0.2, -0.15) is 21.6 Å². The van der Waals surface area contributed by atoms with E-state index in [-0.39, 0.29) is 16.1 Å². The molecule has 0 saturated heterocycles. The van der Waals surface area contributed by atoms with Crippen LogP contribution in [0.15, 0.2) is 41.9 Å². The Bertz CT molecular complexity index is 1200. The number of rotatable bonds is 5. The lowest BCUT2D eigenvalue weighted by molar-refractivity contribution is -0.0429. The zero-order chi connectivity index (χ0) is 23.0. The molecule has 0 unspecified atom stereocenters. The summed E-state index contributed by atoms with van der Waals surface area (Å²) in [5.74, 6) is 0. The number of thiazole rings is 1. The van der Waals surface area contributed by atoms with E-state index in [0.717, 1.165) is 28.8 Å². The highest BCUT2D eigenvalue weighted by Gasteiger charge is 2.46. The molecule has 3 aromatic rings. The van der Waals surface area contributed by atoms with Gasteiger partial charge in [-0.25, -0.2) is 4.98 Å². The van der Waals surface area contributed by atoms with Crippen molar-refractivity contribution in [3.63, 3.8) is 0 Å². The molecule has 0 fully saturated rings. The molecule has 0 atom stereocenters. The van der Waals surface area contributed by atoms with Crippen LogP contribution in [0.2, 0.25) is 5.02 Å². The summed E-state index contributed by atoms with van der Waals surface area (Å²) in [6.07, 6.45) is 2.53. The average Bonchev–Trinajstić information content (AvgIpc) is 3.09. The zero-order valence-corrected chi connectivity index (χ0v) is 19.2. The molecular formula is C20H19ClF3N3O2S2. The number of sulfonamides is 1. The second kappa shape index (κ2) is 8.40. The number of benzene rings is 1. The Morgan fingerprint density at radius 3 is 2.45 bits per heavy atom. The number of nitrogens with one attached hydrogen (secondary N) is 1. The van der Waals surface area contributed by atoms with E-state index in [4.69, 9.17) is 11.6 Å². The molecule has 0 aliphatic rings. The van der Waals surface area contributed by atoms with Gasteiger partial charge in [0.1, 0.15) is 5.01 Å². The number of alkyl halides is 3. The quantitative estimate of drug-likeness (QED) is 0.451. The Morgan fingerprint density at radius 1 is 1.13 bits per heavy atom. The van der Waals surface area contributed by atoms with Gasteiger partial charge in [-0.1, -0.05) is 32.4 Å². The topological polar surface area (TPSA) is 72.0 Å². The van der Waals surface area contributed by atoms with Crippen molar-refractivity contribution in [1.82, 2.24) is 9.97 Å². The third-order valence-electron chi connectivity index (χ3n) is 4.08. The molecule has 31 heavy (non-hydrogen) atoms. The van der Waals surface area contributed by atoms with Gasteiger partial charge in [0, 0.05) is 28.4 Å². The molecule has 0 radical (unpaired) electrons. The van der Waals surface area contributed by atoms with Crippen molar-refractivity contribution in [2.45, 2.75) is 32.7 Å². The SMILES string of the molecule is CC(C)(C)Cc1cc(-c2nc(-c3ccc(NS(=O)(=O)C(F)(F)F)cc3Cl)cs2)ccn1. The average molecular weight is 490 g/mol. The second-order valence-corrected chi connectivity index (χ2v) is 11.0. The Morgan fingerprint density at radius 2 is 1.84 bits per heavy atom. The molecule has 2 aromatic heterocycles. The molecule has 2 heterocycles. The highest BCUT2D eigenvalue weighted by molar-refractivity contribution is 7.93. The van der Waals surface area contributed by atoms with Crippen molar-refractivity contribution < 1.29 is 21.6 Å². The summed E-state index contributed by atoms with van der Waals surface area (Å²) in [6.45, 7) is 6.38. The van der Waals surface area contributed by atoms with Gasteiger partial charge in [0.05, 0.1) is 16.4 Å². The van der Waals surface area contributed by atoms with Gasteiger partial charge in [-0.05, 0) is 42.2 Å². The molecule has 0 bridgehead atoms. The lowest BCUT2D eigenvalue weighted by atomic mass is 9.90. The van der Waals surface area contributed by atoms with Crippen molar-refractivity contribution >= 4 is 38.6 Å². The number of pyridine rings is 1. The van der Waals surface area contributed by atoms with Gasteiger partial charge in [0.2, 0.25) is 0 Å². The highest BCUT2D eigenvalue weighted by Crippen LogP contribution is 2.35. The van der Waals surface area contributed by atoms with Gasteiger partial charge < -0.3 is 0 Å². The summed E-state index contributed by atoms with van der Waals surface area (Å²) in [5.41, 5.74) is -2.77. The molecule has 11 heteroatoms. The summed E-state index contributed by atoms with van der Waals surface area (Å²) >= 11 is 7.59. The van der Waals surface area contributed by atoms with Crippen LogP contribution < -0.4 is 4.72 Å². The molecule has 0 spiro atoms. The van der Waals surface area contributed by atoms with E-state index >= 15 is 0 Å². The third kappa shape index (κ3) is 5.75. The second-order valence-electron chi connectivity index (χ2n) is 8.06. The minimum atomic E-state index is -5.52. The van der Waals surface area contributed by atoms with E-state index < -0.39 is 15.5 Å². The van der Waals surface area contributed by atoms with E-state index in [2.05, 4.69) is 30.7 Å². The maximum atomic E-state index is 12.6. The molecule has 0 amide bonds. The van der Waals surface area contributed by atoms with E-state index in [1.54, 1.807) is 11.6 Å². The van der Waals surface area contributed by atoms with E-state index in [9.17, 15) is 21.6 Å². The van der Waals surface area contributed by atoms with Crippen molar-refractivity contribution in [3.05, 3.63) is 52.6 Å². The maximum Gasteiger partial charge on any atom is 0.516 e. The number of halogens is 4. The molecule has 0 aliphatic heterocycles. The fourth-order valence-corrected chi connectivity index (χ4v) is 4.43. The van der Waals surface area contributed by atoms with Crippen molar-refractivity contribution in [2.24, 2.45) is 5.41 Å². The van der Waals surface area contributed by atoms with Crippen LogP contribution in [0, 0.1) is 5.41 Å². The first-order valence-corrected chi connectivity index (χ1v) is 11.8. The van der Waals surface area contributed by atoms with Crippen LogP contribution in [0.4, 0.5) is 18.9 Å². The molecular weight excluding hydrogens is 471 g/mol. The molecule has 5 nitrogen and oxygen atoms in total. The van der Waals surface area contributed by atoms with Crippen LogP contribution in [0.25, 0.3) is 21.8 Å². The number of aromatic nitrogens is 2. The van der Waals surface area contributed by atoms with Crippen molar-refractivity contribution in [3.8, 4) is 21.8 Å². The Labute approximate surface area is 187 Å². The van der Waals surface area contributed by atoms with Crippen molar-refractivity contribution in [2.75, 3.05) is 4.72 Å². The van der Waals surface area contributed by atoms with Crippen LogP contribution in [0.1, 0.15) is 26.5 Å². The van der Waals surface area contributed by atoms with Gasteiger partial charge in [0.25, 0.3) is 0 Å². The van der Waals surface area contributed by atoms with Gasteiger partial charge in [0.15, 0.2) is 0 Å². The van der Waals surface area contributed by atoms with Crippen LogP contribution in [0.5, 0.6) is 0 Å². The lowest BCUT2D eigenvalue weighted by Gasteiger charge is -2.17. The van der Waals surface area contributed by atoms with E-state index in [1.165, 1.54) is 28.2 Å². The van der Waals surface area contributed by atoms with E-state index in [0.29, 0.717) is 11.3 Å². The smallest absolute Gasteiger partial charge is 0.276 e. The monoisotopic (exact) mass is 489 g/mol. The number of hydrogen-bond acceptors (Lipinski definition) is 5. The molecule has 1 N–H and O–H groups in total. The Balaban J connectivity index is 1.86. The minimum Gasteiger partial charge on any atom is -0.276 e. The summed E-state index contributed by atoms with van der Waals surface area (Å²) < 4.78 is 61.7. The lowest BCUT2D eigenvalue weighted by Crippen LogP contribution is -2.29. The van der Waals surface area contributed by atoms with Crippen LogP contribution in [-0.2, 0) is 16.4 Å². The van der Waals surface area contributed by atoms with Gasteiger partial charge >= 0.3 is 15.5 Å². The molecule has 0 saturated carbocycles. The zero-order valence-electron chi connectivity index (χ0n) is 16.8. The minimum absolute atomic E-state index is 0.0716. The summed E-state index contributed by atoms with van der Waals surface area (Å²) in [5, 5.41) is 2.59. The standard InChI is InChI=1S/C20H19ClF3N3O2S2/c1-19(2,3)10-14-8-12(6-7-25-14)18-26-17(11-30-18)15-5-4-13(9-16(15)21)27-31(28,29)20(22,23)24/h4-9,11,27H,10H2,1-3H3. The van der Waals surface area contributed by atoms with Crippen LogP contribution in [0.3, 0.4) is 0 Å². The Kier molecular flexibility index (Phi) is 6.37. The highest BCUT2D eigenvalue weighted by atomic mass is 35.5. The maximum absolute atomic E-state index is 12.6. The third-order valence-corrected chi connectivity index (χ3v) is 6.40. The predicted molar refractivity (Wildman–Crippen MR) is 118 cm³/mol. The molecule has 0 aliphatic carbocycles. The molecule has 166 valence electrons. The summed E-state index contributed by atoms with van der Waals surface area (Å²) in [6, 6.07) is 7.58. The molecule has 1 aromatic carbocycles. The van der Waals surface area contributed by atoms with Crippen LogP contribution in [-0.4, -0.2) is 23.9 Å².